The minimum atomic E-state index is -0.654. The zero-order valence-corrected chi connectivity index (χ0v) is 29.8. The number of anilines is 1. The van der Waals surface area contributed by atoms with Crippen molar-refractivity contribution in [2.75, 3.05) is 12.3 Å². The van der Waals surface area contributed by atoms with E-state index in [2.05, 4.69) is 53.8 Å². The first-order chi connectivity index (χ1) is 21.2. The van der Waals surface area contributed by atoms with Crippen LogP contribution in [0.2, 0.25) is 0 Å². The fourth-order valence-electron chi connectivity index (χ4n) is 5.69. The van der Waals surface area contributed by atoms with Crippen LogP contribution in [0.15, 0.2) is 29.6 Å². The van der Waals surface area contributed by atoms with E-state index in [9.17, 15) is 14.4 Å². The lowest BCUT2D eigenvalue weighted by atomic mass is 9.85. The Morgan fingerprint density at radius 2 is 1.69 bits per heavy atom. The maximum atomic E-state index is 13.5. The lowest BCUT2D eigenvalue weighted by molar-refractivity contribution is -0.148. The Kier molecular flexibility index (Phi) is 16.1. The van der Waals surface area contributed by atoms with Gasteiger partial charge in [-0.25, -0.2) is 4.98 Å². The first-order valence-corrected chi connectivity index (χ1v) is 17.7. The average molecular weight is 643 g/mol. The van der Waals surface area contributed by atoms with E-state index in [0.717, 1.165) is 50.5 Å². The summed E-state index contributed by atoms with van der Waals surface area (Å²) in [4.78, 5) is 45.9. The van der Waals surface area contributed by atoms with E-state index in [1.165, 1.54) is 18.3 Å². The molecule has 3 unspecified atom stereocenters. The van der Waals surface area contributed by atoms with Crippen molar-refractivity contribution in [3.8, 4) is 0 Å². The fourth-order valence-corrected chi connectivity index (χ4v) is 6.52. The molecule has 1 aromatic carbocycles. The number of esters is 1. The summed E-state index contributed by atoms with van der Waals surface area (Å²) < 4.78 is 5.83. The summed E-state index contributed by atoms with van der Waals surface area (Å²) in [5.41, 5.74) is 7.99. The molecule has 9 heteroatoms. The Bertz CT molecular complexity index is 1190. The number of amides is 2. The van der Waals surface area contributed by atoms with E-state index in [4.69, 9.17) is 15.5 Å². The summed E-state index contributed by atoms with van der Waals surface area (Å²) in [5.74, 6) is -0.367. The number of carbonyl (C=O) groups is 3. The lowest BCUT2D eigenvalue weighted by Crippen LogP contribution is -2.45. The molecule has 0 saturated carbocycles. The molecule has 0 saturated heterocycles. The molecule has 2 amide bonds. The van der Waals surface area contributed by atoms with Crippen molar-refractivity contribution in [3.63, 3.8) is 0 Å². The highest BCUT2D eigenvalue weighted by Gasteiger charge is 2.32. The molecule has 45 heavy (non-hydrogen) atoms. The third kappa shape index (κ3) is 13.9. The summed E-state index contributed by atoms with van der Waals surface area (Å²) in [6.07, 6.45) is 7.84. The largest absolute Gasteiger partial charge is 0.455 e. The number of unbranched alkanes of at least 4 members (excludes halogenated alkanes) is 4. The number of nitrogens with two attached hydrogens (primary N) is 1. The van der Waals surface area contributed by atoms with Gasteiger partial charge in [0.1, 0.15) is 10.7 Å². The number of ether oxygens (including phenoxy) is 1. The van der Waals surface area contributed by atoms with Crippen molar-refractivity contribution in [3.05, 3.63) is 45.9 Å². The van der Waals surface area contributed by atoms with Crippen LogP contribution in [0.25, 0.3) is 0 Å². The van der Waals surface area contributed by atoms with Gasteiger partial charge in [-0.2, -0.15) is 0 Å². The Balaban J connectivity index is 2.29. The monoisotopic (exact) mass is 642 g/mol. The summed E-state index contributed by atoms with van der Waals surface area (Å²) in [6, 6.07) is 7.51. The number of hydrogen-bond donors (Lipinski definition) is 2. The van der Waals surface area contributed by atoms with Crippen LogP contribution >= 0.6 is 11.3 Å². The molecule has 2 aromatic rings. The van der Waals surface area contributed by atoms with Crippen molar-refractivity contribution >= 4 is 34.8 Å². The number of aromatic nitrogens is 1. The van der Waals surface area contributed by atoms with Gasteiger partial charge in [0.25, 0.3) is 5.91 Å². The second kappa shape index (κ2) is 18.9. The molecule has 0 fully saturated rings. The molecule has 3 atom stereocenters. The van der Waals surface area contributed by atoms with Crippen LogP contribution in [0.4, 0.5) is 5.69 Å². The van der Waals surface area contributed by atoms with Gasteiger partial charge in [0.15, 0.2) is 6.10 Å². The van der Waals surface area contributed by atoms with Gasteiger partial charge in [-0.15, -0.1) is 11.3 Å². The summed E-state index contributed by atoms with van der Waals surface area (Å²) in [6.45, 7) is 17.0. The second-order valence-corrected chi connectivity index (χ2v) is 14.7. The maximum Gasteiger partial charge on any atom is 0.303 e. The van der Waals surface area contributed by atoms with Gasteiger partial charge in [-0.05, 0) is 54.7 Å². The molecule has 0 bridgehead atoms. The molecule has 8 nitrogen and oxygen atoms in total. The average Bonchev–Trinajstić information content (AvgIpc) is 3.45. The van der Waals surface area contributed by atoms with E-state index in [1.54, 1.807) is 5.38 Å². The molecule has 0 spiro atoms. The second-order valence-electron chi connectivity index (χ2n) is 13.8. The quantitative estimate of drug-likeness (QED) is 0.0909. The maximum absolute atomic E-state index is 13.5. The molecule has 0 aliphatic carbocycles. The molecule has 1 aromatic heterocycles. The third-order valence-electron chi connectivity index (χ3n) is 7.94. The van der Waals surface area contributed by atoms with E-state index in [0.29, 0.717) is 42.2 Å². The van der Waals surface area contributed by atoms with E-state index in [1.807, 2.05) is 29.2 Å². The molecule has 1 heterocycles. The molecule has 0 radical (unpaired) electrons. The van der Waals surface area contributed by atoms with Gasteiger partial charge >= 0.3 is 5.97 Å². The molecule has 0 aliphatic rings. The number of carbonyl (C=O) groups excluding carboxylic acids is 3. The normalized spacial score (nSPS) is 13.7. The SMILES string of the molecule is CCCCCCN(C(=O)CCCC)C(CC(OC(C)=O)c1nc(C(=O)NC(Cc2ccc(N)cc2)CC(C)(C)C)cs1)C(C)C. The van der Waals surface area contributed by atoms with Gasteiger partial charge in [0.2, 0.25) is 5.91 Å². The number of rotatable bonds is 19. The molecule has 0 aliphatic heterocycles. The number of nitrogens with zero attached hydrogens (tertiary/aromatic N) is 2. The number of thiazole rings is 1. The van der Waals surface area contributed by atoms with Crippen molar-refractivity contribution in [2.45, 2.75) is 138 Å². The number of hydrogen-bond acceptors (Lipinski definition) is 7. The van der Waals surface area contributed by atoms with Crippen LogP contribution in [0, 0.1) is 11.3 Å². The smallest absolute Gasteiger partial charge is 0.303 e. The predicted molar refractivity (Wildman–Crippen MR) is 185 cm³/mol. The van der Waals surface area contributed by atoms with Crippen LogP contribution in [-0.4, -0.2) is 46.3 Å². The molecular weight excluding hydrogens is 584 g/mol. The van der Waals surface area contributed by atoms with Crippen molar-refractivity contribution in [2.24, 2.45) is 11.3 Å². The van der Waals surface area contributed by atoms with Crippen molar-refractivity contribution in [1.82, 2.24) is 15.2 Å². The fraction of sp³-hybridized carbons (Fsp3) is 0.667. The Morgan fingerprint density at radius 3 is 2.27 bits per heavy atom. The highest BCUT2D eigenvalue weighted by molar-refractivity contribution is 7.09. The first-order valence-electron chi connectivity index (χ1n) is 16.8. The Hall–Kier alpha value is -2.94. The van der Waals surface area contributed by atoms with Crippen LogP contribution in [0.3, 0.4) is 0 Å². The standard InChI is InChI=1S/C36H58N4O4S/c1-9-11-13-14-20-40(33(42)15-12-10-2)31(25(3)4)22-32(44-26(5)41)35-39-30(24-45-35)34(43)38-29(23-36(6,7)8)21-27-16-18-28(37)19-17-27/h16-19,24-25,29,31-32H,9-15,20-23,37H2,1-8H3,(H,38,43). The minimum absolute atomic E-state index is 0.00223. The van der Waals surface area contributed by atoms with Gasteiger partial charge < -0.3 is 20.7 Å². The number of nitrogen functional groups attached to an aromatic ring is 1. The van der Waals surface area contributed by atoms with E-state index < -0.39 is 12.1 Å². The third-order valence-corrected chi connectivity index (χ3v) is 8.87. The van der Waals surface area contributed by atoms with E-state index >= 15 is 0 Å². The highest BCUT2D eigenvalue weighted by atomic mass is 32.1. The van der Waals surface area contributed by atoms with Crippen LogP contribution in [-0.2, 0) is 20.7 Å². The topological polar surface area (TPSA) is 115 Å². The zero-order valence-electron chi connectivity index (χ0n) is 29.0. The summed E-state index contributed by atoms with van der Waals surface area (Å²) in [5, 5.41) is 5.51. The first kappa shape index (κ1) is 38.2. The molecule has 252 valence electrons. The molecular formula is C36H58N4O4S. The van der Waals surface area contributed by atoms with Gasteiger partial charge in [-0.1, -0.05) is 86.3 Å². The summed E-state index contributed by atoms with van der Waals surface area (Å²) >= 11 is 1.32. The predicted octanol–water partition coefficient (Wildman–Crippen LogP) is 8.12. The van der Waals surface area contributed by atoms with Gasteiger partial charge in [0, 0.05) is 49.5 Å². The van der Waals surface area contributed by atoms with Crippen LogP contribution < -0.4 is 11.1 Å². The number of benzene rings is 1. The molecule has 2 rings (SSSR count). The van der Waals surface area contributed by atoms with Gasteiger partial charge in [-0.3, -0.25) is 14.4 Å². The zero-order chi connectivity index (χ0) is 33.6. The lowest BCUT2D eigenvalue weighted by Gasteiger charge is -2.36. The Labute approximate surface area is 275 Å². The van der Waals surface area contributed by atoms with Crippen LogP contribution in [0.1, 0.15) is 140 Å². The van der Waals surface area contributed by atoms with Gasteiger partial charge in [0.05, 0.1) is 0 Å². The van der Waals surface area contributed by atoms with Crippen LogP contribution in [0.5, 0.6) is 0 Å². The van der Waals surface area contributed by atoms with E-state index in [-0.39, 0.29) is 35.2 Å². The highest BCUT2D eigenvalue weighted by Crippen LogP contribution is 2.32. The minimum Gasteiger partial charge on any atom is -0.455 e. The molecule has 3 N–H and O–H groups in total. The van der Waals surface area contributed by atoms with Crippen molar-refractivity contribution < 1.29 is 19.1 Å². The number of nitrogens with one attached hydrogen (secondary N) is 1. The Morgan fingerprint density at radius 1 is 1.02 bits per heavy atom. The summed E-state index contributed by atoms with van der Waals surface area (Å²) in [7, 11) is 0. The van der Waals surface area contributed by atoms with Crippen molar-refractivity contribution in [1.29, 1.82) is 0 Å².